The van der Waals surface area contributed by atoms with Gasteiger partial charge in [-0.05, 0) is 53.8 Å². The lowest BCUT2D eigenvalue weighted by atomic mass is 9.91. The highest BCUT2D eigenvalue weighted by molar-refractivity contribution is 7.89. The third kappa shape index (κ3) is 4.17. The van der Waals surface area contributed by atoms with E-state index in [0.717, 1.165) is 17.7 Å². The second-order valence-electron chi connectivity index (χ2n) is 7.95. The highest BCUT2D eigenvalue weighted by atomic mass is 32.2. The fraction of sp³-hybridized carbons (Fsp3) is 0.292. The summed E-state index contributed by atoms with van der Waals surface area (Å²) in [6.07, 6.45) is 1.85. The van der Waals surface area contributed by atoms with Crippen molar-refractivity contribution in [1.82, 2.24) is 4.31 Å². The number of hydrogen-bond donors (Lipinski definition) is 1. The number of amides is 1. The molecule has 1 amide bonds. The van der Waals surface area contributed by atoms with E-state index in [9.17, 15) is 13.2 Å². The highest BCUT2D eigenvalue weighted by Gasteiger charge is 2.28. The summed E-state index contributed by atoms with van der Waals surface area (Å²) in [6.45, 7) is 1.34. The van der Waals surface area contributed by atoms with Crippen LogP contribution in [-0.4, -0.2) is 52.0 Å². The summed E-state index contributed by atoms with van der Waals surface area (Å²) >= 11 is 1.46. The number of aryl methyl sites for hydroxylation is 2. The number of rotatable bonds is 5. The molecule has 1 aromatic heterocycles. The van der Waals surface area contributed by atoms with E-state index in [1.807, 2.05) is 18.2 Å². The SMILES string of the molecule is COc1ccc(S(=O)(=O)N2CCOCC2)cc1NC(=O)c1cc2c(s1)-c1ccccc1CC2. The van der Waals surface area contributed by atoms with E-state index in [4.69, 9.17) is 9.47 Å². The quantitative estimate of drug-likeness (QED) is 0.596. The summed E-state index contributed by atoms with van der Waals surface area (Å²) in [4.78, 5) is 15.0. The summed E-state index contributed by atoms with van der Waals surface area (Å²) in [5, 5.41) is 2.87. The molecule has 0 spiro atoms. The van der Waals surface area contributed by atoms with E-state index in [-0.39, 0.29) is 10.8 Å². The van der Waals surface area contributed by atoms with E-state index >= 15 is 0 Å². The first-order valence-electron chi connectivity index (χ1n) is 10.8. The van der Waals surface area contributed by atoms with Gasteiger partial charge in [0, 0.05) is 18.0 Å². The first-order valence-corrected chi connectivity index (χ1v) is 13.0. The molecule has 0 bridgehead atoms. The molecule has 2 aromatic carbocycles. The maximum Gasteiger partial charge on any atom is 0.265 e. The van der Waals surface area contributed by atoms with Crippen LogP contribution in [0.3, 0.4) is 0 Å². The van der Waals surface area contributed by atoms with Gasteiger partial charge >= 0.3 is 0 Å². The normalized spacial score (nSPS) is 16.0. The molecule has 0 unspecified atom stereocenters. The molecule has 7 nitrogen and oxygen atoms in total. The molecule has 1 fully saturated rings. The van der Waals surface area contributed by atoms with Gasteiger partial charge in [-0.1, -0.05) is 24.3 Å². The minimum atomic E-state index is -3.70. The number of sulfonamides is 1. The second kappa shape index (κ2) is 8.90. The van der Waals surface area contributed by atoms with E-state index in [2.05, 4.69) is 17.4 Å². The zero-order valence-corrected chi connectivity index (χ0v) is 19.8. The van der Waals surface area contributed by atoms with Gasteiger partial charge in [0.25, 0.3) is 5.91 Å². The number of nitrogens with zero attached hydrogens (tertiary/aromatic N) is 1. The Bertz CT molecular complexity index is 1310. The van der Waals surface area contributed by atoms with Crippen LogP contribution in [0.15, 0.2) is 53.4 Å². The molecule has 2 heterocycles. The number of anilines is 1. The summed E-state index contributed by atoms with van der Waals surface area (Å²) in [6, 6.07) is 14.7. The Morgan fingerprint density at radius 1 is 1.06 bits per heavy atom. The molecule has 3 aromatic rings. The third-order valence-electron chi connectivity index (χ3n) is 5.99. The largest absolute Gasteiger partial charge is 0.495 e. The van der Waals surface area contributed by atoms with Crippen molar-refractivity contribution in [3.05, 3.63) is 64.5 Å². The summed E-state index contributed by atoms with van der Waals surface area (Å²) in [5.41, 5.74) is 3.96. The Kier molecular flexibility index (Phi) is 5.96. The Balaban J connectivity index is 1.43. The van der Waals surface area contributed by atoms with Crippen molar-refractivity contribution >= 4 is 33.0 Å². The molecular formula is C24H24N2O5S2. The number of carbonyl (C=O) groups excluding carboxylic acids is 1. The van der Waals surface area contributed by atoms with Crippen LogP contribution in [-0.2, 0) is 27.6 Å². The predicted molar refractivity (Wildman–Crippen MR) is 128 cm³/mol. The number of carbonyl (C=O) groups is 1. The van der Waals surface area contributed by atoms with Gasteiger partial charge in [-0.15, -0.1) is 11.3 Å². The molecule has 0 atom stereocenters. The molecule has 9 heteroatoms. The Labute approximate surface area is 197 Å². The van der Waals surface area contributed by atoms with Gasteiger partial charge in [0.05, 0.1) is 35.8 Å². The van der Waals surface area contributed by atoms with Crippen LogP contribution in [0.5, 0.6) is 5.75 Å². The van der Waals surface area contributed by atoms with Gasteiger partial charge in [-0.2, -0.15) is 4.31 Å². The van der Waals surface area contributed by atoms with Crippen molar-refractivity contribution in [2.45, 2.75) is 17.7 Å². The van der Waals surface area contributed by atoms with Crippen LogP contribution in [0.25, 0.3) is 10.4 Å². The first kappa shape index (κ1) is 22.1. The molecule has 1 aliphatic heterocycles. The zero-order valence-electron chi connectivity index (χ0n) is 18.2. The van der Waals surface area contributed by atoms with Crippen molar-refractivity contribution in [2.24, 2.45) is 0 Å². The van der Waals surface area contributed by atoms with E-state index < -0.39 is 10.0 Å². The van der Waals surface area contributed by atoms with Crippen LogP contribution < -0.4 is 10.1 Å². The van der Waals surface area contributed by atoms with Crippen molar-refractivity contribution < 1.29 is 22.7 Å². The number of ether oxygens (including phenoxy) is 2. The zero-order chi connectivity index (χ0) is 23.0. The second-order valence-corrected chi connectivity index (χ2v) is 10.9. The topological polar surface area (TPSA) is 84.9 Å². The molecule has 1 saturated heterocycles. The molecule has 33 heavy (non-hydrogen) atoms. The minimum absolute atomic E-state index is 0.111. The molecule has 172 valence electrons. The average molecular weight is 485 g/mol. The number of thiophene rings is 1. The maximum absolute atomic E-state index is 13.1. The minimum Gasteiger partial charge on any atom is -0.495 e. The van der Waals surface area contributed by atoms with Crippen molar-refractivity contribution in [3.8, 4) is 16.2 Å². The number of nitrogens with one attached hydrogen (secondary N) is 1. The van der Waals surface area contributed by atoms with Crippen LogP contribution in [0.4, 0.5) is 5.69 Å². The van der Waals surface area contributed by atoms with Gasteiger partial charge in [0.2, 0.25) is 10.0 Å². The number of fused-ring (bicyclic) bond motifs is 3. The average Bonchev–Trinajstić information content (AvgIpc) is 3.30. The molecular weight excluding hydrogens is 460 g/mol. The number of benzene rings is 2. The molecule has 0 radical (unpaired) electrons. The van der Waals surface area contributed by atoms with Gasteiger partial charge in [-0.3, -0.25) is 4.79 Å². The van der Waals surface area contributed by atoms with Gasteiger partial charge in [-0.25, -0.2) is 8.42 Å². The third-order valence-corrected chi connectivity index (χ3v) is 9.09. The first-order chi connectivity index (χ1) is 16.0. The van der Waals surface area contributed by atoms with Crippen LogP contribution in [0.1, 0.15) is 20.8 Å². The lowest BCUT2D eigenvalue weighted by Crippen LogP contribution is -2.40. The maximum atomic E-state index is 13.1. The van der Waals surface area contributed by atoms with Crippen molar-refractivity contribution in [1.29, 1.82) is 0 Å². The summed E-state index contributed by atoms with van der Waals surface area (Å²) < 4.78 is 38.2. The van der Waals surface area contributed by atoms with Crippen LogP contribution in [0.2, 0.25) is 0 Å². The Hall–Kier alpha value is -2.72. The van der Waals surface area contributed by atoms with E-state index in [1.54, 1.807) is 6.07 Å². The lowest BCUT2D eigenvalue weighted by Gasteiger charge is -2.26. The smallest absolute Gasteiger partial charge is 0.265 e. The summed E-state index contributed by atoms with van der Waals surface area (Å²) in [7, 11) is -2.21. The van der Waals surface area contributed by atoms with E-state index in [0.29, 0.717) is 42.6 Å². The molecule has 2 aliphatic rings. The Morgan fingerprint density at radius 2 is 1.82 bits per heavy atom. The molecule has 1 N–H and O–H groups in total. The van der Waals surface area contributed by atoms with Gasteiger partial charge < -0.3 is 14.8 Å². The number of hydrogen-bond acceptors (Lipinski definition) is 6. The fourth-order valence-electron chi connectivity index (χ4n) is 4.25. The van der Waals surface area contributed by atoms with Crippen LogP contribution in [0, 0.1) is 0 Å². The molecule has 5 rings (SSSR count). The molecule has 0 saturated carbocycles. The van der Waals surface area contributed by atoms with Crippen molar-refractivity contribution in [2.75, 3.05) is 38.7 Å². The fourth-order valence-corrected chi connectivity index (χ4v) is 6.85. The van der Waals surface area contributed by atoms with Gasteiger partial charge in [0.1, 0.15) is 5.75 Å². The van der Waals surface area contributed by atoms with E-state index in [1.165, 1.54) is 51.6 Å². The lowest BCUT2D eigenvalue weighted by molar-refractivity contribution is 0.0730. The number of methoxy groups -OCH3 is 1. The van der Waals surface area contributed by atoms with Crippen LogP contribution >= 0.6 is 11.3 Å². The highest BCUT2D eigenvalue weighted by Crippen LogP contribution is 2.40. The van der Waals surface area contributed by atoms with Gasteiger partial charge in [0.15, 0.2) is 0 Å². The monoisotopic (exact) mass is 484 g/mol. The number of morpholine rings is 1. The molecule has 1 aliphatic carbocycles. The Morgan fingerprint density at radius 3 is 2.61 bits per heavy atom. The standard InChI is InChI=1S/C24H24N2O5S2/c1-30-21-9-8-18(33(28,29)26-10-12-31-13-11-26)15-20(21)25-24(27)22-14-17-7-6-16-4-2-3-5-19(16)23(17)32-22/h2-5,8-9,14-15H,6-7,10-13H2,1H3,(H,25,27). The summed E-state index contributed by atoms with van der Waals surface area (Å²) in [5.74, 6) is 0.113. The van der Waals surface area contributed by atoms with Crippen molar-refractivity contribution in [3.63, 3.8) is 0 Å². The predicted octanol–water partition coefficient (Wildman–Crippen LogP) is 3.80.